The summed E-state index contributed by atoms with van der Waals surface area (Å²) in [5, 5.41) is 16.2. The highest BCUT2D eigenvalue weighted by Crippen LogP contribution is 2.43. The van der Waals surface area contributed by atoms with Crippen LogP contribution >= 0.6 is 11.6 Å². The van der Waals surface area contributed by atoms with Gasteiger partial charge in [-0.1, -0.05) is 31.0 Å². The highest BCUT2D eigenvalue weighted by atomic mass is 35.5. The Hall–Kier alpha value is -2.18. The number of fused-ring (bicyclic) bond motifs is 3. The fourth-order valence-corrected chi connectivity index (χ4v) is 5.41. The lowest BCUT2D eigenvalue weighted by Crippen LogP contribution is -2.36. The van der Waals surface area contributed by atoms with Gasteiger partial charge in [0.05, 0.1) is 6.10 Å². The van der Waals surface area contributed by atoms with Crippen molar-refractivity contribution in [2.24, 2.45) is 5.41 Å². The van der Waals surface area contributed by atoms with E-state index in [1.165, 1.54) is 19.3 Å². The number of benzene rings is 1. The summed E-state index contributed by atoms with van der Waals surface area (Å²) in [7, 11) is 0. The van der Waals surface area contributed by atoms with E-state index in [9.17, 15) is 9.90 Å². The summed E-state index contributed by atoms with van der Waals surface area (Å²) in [5.74, 6) is 0.574. The molecule has 1 aromatic carbocycles. The van der Waals surface area contributed by atoms with Gasteiger partial charge in [0.25, 0.3) is 5.56 Å². The second-order valence-corrected chi connectivity index (χ2v) is 9.76. The Morgan fingerprint density at radius 2 is 1.97 bits per heavy atom. The minimum absolute atomic E-state index is 0.0122. The average molecular weight is 441 g/mol. The van der Waals surface area contributed by atoms with E-state index in [0.717, 1.165) is 36.6 Å². The number of aromatic nitrogens is 3. The van der Waals surface area contributed by atoms with Gasteiger partial charge in [-0.15, -0.1) is 0 Å². The van der Waals surface area contributed by atoms with Crippen LogP contribution in [0, 0.1) is 5.41 Å². The third-order valence-corrected chi connectivity index (χ3v) is 7.77. The number of rotatable bonds is 5. The molecule has 2 fully saturated rings. The van der Waals surface area contributed by atoms with Crippen molar-refractivity contribution in [2.45, 2.75) is 70.4 Å². The van der Waals surface area contributed by atoms with E-state index in [2.05, 4.69) is 17.2 Å². The van der Waals surface area contributed by atoms with Crippen LogP contribution in [0.1, 0.15) is 64.3 Å². The van der Waals surface area contributed by atoms with Gasteiger partial charge in [0.15, 0.2) is 0 Å². The standard InChI is InChI=1S/C24H29ClN4O2/c1-2-24(10-3-11-24)14-27-23-26-13-20-18-9-4-15(25)12-19(18)22(31)29(21(20)28-23)16-5-7-17(30)8-6-16/h4,9,12-13,16-17,30H,2-3,5-8,10-11,14H2,1H3,(H,26,27,28)/t16-,17-. The van der Waals surface area contributed by atoms with Crippen molar-refractivity contribution >= 4 is 39.4 Å². The highest BCUT2D eigenvalue weighted by molar-refractivity contribution is 6.31. The van der Waals surface area contributed by atoms with E-state index < -0.39 is 0 Å². The lowest BCUT2D eigenvalue weighted by atomic mass is 9.67. The molecule has 0 aliphatic heterocycles. The number of aliphatic hydroxyl groups is 1. The minimum atomic E-state index is -0.285. The topological polar surface area (TPSA) is 80.0 Å². The van der Waals surface area contributed by atoms with Gasteiger partial charge in [0, 0.05) is 34.6 Å². The van der Waals surface area contributed by atoms with E-state index in [0.29, 0.717) is 40.3 Å². The number of hydrogen-bond donors (Lipinski definition) is 2. The maximum Gasteiger partial charge on any atom is 0.260 e. The Labute approximate surface area is 186 Å². The summed E-state index contributed by atoms with van der Waals surface area (Å²) in [6.45, 7) is 3.10. The Morgan fingerprint density at radius 3 is 2.65 bits per heavy atom. The molecule has 3 aromatic rings. The number of nitrogens with one attached hydrogen (secondary N) is 1. The average Bonchev–Trinajstić information content (AvgIpc) is 2.75. The first kappa shape index (κ1) is 20.7. The van der Waals surface area contributed by atoms with Crippen molar-refractivity contribution in [1.29, 1.82) is 0 Å². The fourth-order valence-electron chi connectivity index (χ4n) is 5.24. The maximum absolute atomic E-state index is 13.6. The van der Waals surface area contributed by atoms with Crippen molar-refractivity contribution < 1.29 is 5.11 Å². The van der Waals surface area contributed by atoms with Crippen LogP contribution in [0.5, 0.6) is 0 Å². The molecule has 2 saturated carbocycles. The molecule has 2 aliphatic carbocycles. The quantitative estimate of drug-likeness (QED) is 0.541. The van der Waals surface area contributed by atoms with Crippen molar-refractivity contribution in [3.05, 3.63) is 39.8 Å². The first-order valence-corrected chi connectivity index (χ1v) is 11.8. The normalized spacial score (nSPS) is 23.1. The Morgan fingerprint density at radius 1 is 1.19 bits per heavy atom. The van der Waals surface area contributed by atoms with E-state index >= 15 is 0 Å². The monoisotopic (exact) mass is 440 g/mol. The van der Waals surface area contributed by atoms with Crippen LogP contribution in [0.15, 0.2) is 29.2 Å². The number of halogens is 1. The highest BCUT2D eigenvalue weighted by Gasteiger charge is 2.35. The van der Waals surface area contributed by atoms with Gasteiger partial charge in [0.2, 0.25) is 5.95 Å². The van der Waals surface area contributed by atoms with Crippen molar-refractivity contribution in [3.63, 3.8) is 0 Å². The molecule has 0 bridgehead atoms. The van der Waals surface area contributed by atoms with Gasteiger partial charge >= 0.3 is 0 Å². The summed E-state index contributed by atoms with van der Waals surface area (Å²) in [6, 6.07) is 5.43. The van der Waals surface area contributed by atoms with E-state index in [1.807, 2.05) is 16.8 Å². The minimum Gasteiger partial charge on any atom is -0.393 e. The van der Waals surface area contributed by atoms with Crippen LogP contribution in [0.3, 0.4) is 0 Å². The lowest BCUT2D eigenvalue weighted by molar-refractivity contribution is 0.111. The zero-order valence-electron chi connectivity index (χ0n) is 17.9. The van der Waals surface area contributed by atoms with Crippen LogP contribution in [0.4, 0.5) is 5.95 Å². The van der Waals surface area contributed by atoms with Crippen LogP contribution < -0.4 is 10.9 Å². The SMILES string of the molecule is CCC1(CNc2ncc3c4ccc(Cl)cc4c(=O)n([C@H]4CC[C@H](O)CC4)c3n2)CCC1. The fraction of sp³-hybridized carbons (Fsp3) is 0.542. The molecular formula is C24H29ClN4O2. The third-order valence-electron chi connectivity index (χ3n) is 7.53. The lowest BCUT2D eigenvalue weighted by Gasteiger charge is -2.41. The molecule has 0 saturated heterocycles. The molecule has 0 radical (unpaired) electrons. The second-order valence-electron chi connectivity index (χ2n) is 9.32. The summed E-state index contributed by atoms with van der Waals surface area (Å²) in [5.41, 5.74) is 0.940. The molecule has 0 spiro atoms. The molecule has 0 amide bonds. The van der Waals surface area contributed by atoms with Gasteiger partial charge in [-0.2, -0.15) is 4.98 Å². The summed E-state index contributed by atoms with van der Waals surface area (Å²) in [4.78, 5) is 23.0. The molecule has 0 atom stereocenters. The van der Waals surface area contributed by atoms with Crippen molar-refractivity contribution in [1.82, 2.24) is 14.5 Å². The van der Waals surface area contributed by atoms with Crippen LogP contribution in [0.25, 0.3) is 21.8 Å². The van der Waals surface area contributed by atoms with Gasteiger partial charge in [-0.05, 0) is 67.9 Å². The van der Waals surface area contributed by atoms with Gasteiger partial charge in [-0.3, -0.25) is 9.36 Å². The van der Waals surface area contributed by atoms with E-state index in [4.69, 9.17) is 16.6 Å². The van der Waals surface area contributed by atoms with Crippen LogP contribution in [-0.4, -0.2) is 32.3 Å². The molecule has 0 unspecified atom stereocenters. The largest absolute Gasteiger partial charge is 0.393 e. The van der Waals surface area contributed by atoms with E-state index in [-0.39, 0.29) is 17.7 Å². The molecule has 5 rings (SSSR count). The summed E-state index contributed by atoms with van der Waals surface area (Å²) < 4.78 is 1.83. The number of hydrogen-bond acceptors (Lipinski definition) is 5. The molecule has 2 heterocycles. The second kappa shape index (κ2) is 8.06. The molecule has 31 heavy (non-hydrogen) atoms. The Kier molecular flexibility index (Phi) is 5.39. The molecule has 164 valence electrons. The number of aliphatic hydroxyl groups excluding tert-OH is 1. The summed E-state index contributed by atoms with van der Waals surface area (Å²) in [6.07, 6.45) is 9.37. The predicted octanol–water partition coefficient (Wildman–Crippen LogP) is 5.07. The zero-order chi connectivity index (χ0) is 21.6. The maximum atomic E-state index is 13.6. The third kappa shape index (κ3) is 3.70. The number of nitrogens with zero attached hydrogens (tertiary/aromatic N) is 3. The van der Waals surface area contributed by atoms with E-state index in [1.54, 1.807) is 12.1 Å². The number of anilines is 1. The van der Waals surface area contributed by atoms with Gasteiger partial charge in [-0.25, -0.2) is 4.98 Å². The number of pyridine rings is 1. The van der Waals surface area contributed by atoms with Gasteiger partial charge in [0.1, 0.15) is 5.65 Å². The molecular weight excluding hydrogens is 412 g/mol. The predicted molar refractivity (Wildman–Crippen MR) is 125 cm³/mol. The van der Waals surface area contributed by atoms with Crippen LogP contribution in [0.2, 0.25) is 5.02 Å². The zero-order valence-corrected chi connectivity index (χ0v) is 18.7. The van der Waals surface area contributed by atoms with Gasteiger partial charge < -0.3 is 10.4 Å². The summed E-state index contributed by atoms with van der Waals surface area (Å²) >= 11 is 6.22. The molecule has 6 nitrogen and oxygen atoms in total. The first-order chi connectivity index (χ1) is 15.0. The molecule has 2 aromatic heterocycles. The van der Waals surface area contributed by atoms with Crippen LogP contribution in [-0.2, 0) is 0 Å². The van der Waals surface area contributed by atoms with Crippen molar-refractivity contribution in [2.75, 3.05) is 11.9 Å². The first-order valence-electron chi connectivity index (χ1n) is 11.4. The Bertz CT molecular complexity index is 1170. The smallest absolute Gasteiger partial charge is 0.260 e. The Balaban J connectivity index is 1.63. The molecule has 2 N–H and O–H groups in total. The molecule has 2 aliphatic rings. The molecule has 7 heteroatoms. The van der Waals surface area contributed by atoms with Crippen molar-refractivity contribution in [3.8, 4) is 0 Å².